The van der Waals surface area contributed by atoms with Crippen molar-refractivity contribution in [2.45, 2.75) is 26.1 Å². The summed E-state index contributed by atoms with van der Waals surface area (Å²) in [5, 5.41) is 0. The van der Waals surface area contributed by atoms with Gasteiger partial charge in [-0.05, 0) is 18.6 Å². The highest BCUT2D eigenvalue weighted by Crippen LogP contribution is 2.27. The Morgan fingerprint density at radius 1 is 1.19 bits per heavy atom. The van der Waals surface area contributed by atoms with Gasteiger partial charge in [0.25, 0.3) is 0 Å². The Hall–Kier alpha value is -2.31. The summed E-state index contributed by atoms with van der Waals surface area (Å²) in [5.41, 5.74) is 6.87. The van der Waals surface area contributed by atoms with Crippen LogP contribution in [0.15, 0.2) is 30.3 Å². The lowest BCUT2D eigenvalue weighted by atomic mass is 10.2. The third kappa shape index (κ3) is 4.34. The molecule has 4 nitrogen and oxygen atoms in total. The largest absolute Gasteiger partial charge is 0.573 e. The van der Waals surface area contributed by atoms with Crippen LogP contribution in [0.1, 0.15) is 19.0 Å². The van der Waals surface area contributed by atoms with Crippen LogP contribution in [-0.4, -0.2) is 16.3 Å². The normalized spacial score (nSPS) is 11.4. The summed E-state index contributed by atoms with van der Waals surface area (Å²) in [5.74, 6) is 0.250. The highest BCUT2D eigenvalue weighted by Gasteiger charge is 2.31. The zero-order valence-electron chi connectivity index (χ0n) is 11.3. The van der Waals surface area contributed by atoms with Gasteiger partial charge < -0.3 is 10.5 Å². The monoisotopic (exact) mass is 297 g/mol. The highest BCUT2D eigenvalue weighted by molar-refractivity contribution is 5.59. The molecule has 21 heavy (non-hydrogen) atoms. The zero-order valence-corrected chi connectivity index (χ0v) is 11.3. The van der Waals surface area contributed by atoms with Crippen LogP contribution in [0.4, 0.5) is 19.0 Å². The van der Waals surface area contributed by atoms with E-state index in [1.54, 1.807) is 12.1 Å². The van der Waals surface area contributed by atoms with E-state index in [-0.39, 0.29) is 17.4 Å². The third-order valence-electron chi connectivity index (χ3n) is 2.63. The fourth-order valence-electron chi connectivity index (χ4n) is 1.86. The Morgan fingerprint density at radius 3 is 2.62 bits per heavy atom. The van der Waals surface area contributed by atoms with Gasteiger partial charge in [-0.15, -0.1) is 13.2 Å². The van der Waals surface area contributed by atoms with E-state index < -0.39 is 6.36 Å². The van der Waals surface area contributed by atoms with E-state index in [2.05, 4.69) is 14.7 Å². The first-order valence-corrected chi connectivity index (χ1v) is 6.37. The van der Waals surface area contributed by atoms with Crippen molar-refractivity contribution < 1.29 is 17.9 Å². The Bertz CT molecular complexity index is 629. The van der Waals surface area contributed by atoms with E-state index in [1.165, 1.54) is 18.2 Å². The van der Waals surface area contributed by atoms with Crippen LogP contribution in [0.2, 0.25) is 0 Å². The van der Waals surface area contributed by atoms with E-state index in [0.717, 1.165) is 18.5 Å². The van der Waals surface area contributed by atoms with Crippen molar-refractivity contribution in [1.82, 2.24) is 9.97 Å². The first-order valence-electron chi connectivity index (χ1n) is 6.37. The number of nitrogens with two attached hydrogens (primary N) is 1. The molecule has 1 aromatic heterocycles. The van der Waals surface area contributed by atoms with Gasteiger partial charge in [0.1, 0.15) is 11.6 Å². The Morgan fingerprint density at radius 2 is 1.95 bits per heavy atom. The molecular weight excluding hydrogens is 283 g/mol. The van der Waals surface area contributed by atoms with E-state index in [9.17, 15) is 13.2 Å². The number of anilines is 1. The second-order valence-electron chi connectivity index (χ2n) is 4.43. The van der Waals surface area contributed by atoms with Crippen molar-refractivity contribution >= 4 is 5.82 Å². The lowest BCUT2D eigenvalue weighted by Crippen LogP contribution is -2.17. The van der Waals surface area contributed by atoms with Crippen molar-refractivity contribution in [3.05, 3.63) is 36.0 Å². The van der Waals surface area contributed by atoms with Gasteiger partial charge in [0.05, 0.1) is 0 Å². The van der Waals surface area contributed by atoms with Gasteiger partial charge >= 0.3 is 6.36 Å². The maximum atomic E-state index is 12.2. The van der Waals surface area contributed by atoms with E-state index in [1.807, 2.05) is 6.92 Å². The smallest absolute Gasteiger partial charge is 0.406 e. The first kappa shape index (κ1) is 15.1. The highest BCUT2D eigenvalue weighted by atomic mass is 19.4. The van der Waals surface area contributed by atoms with E-state index in [4.69, 9.17) is 5.73 Å². The minimum absolute atomic E-state index is 0.283. The predicted molar refractivity (Wildman–Crippen MR) is 72.6 cm³/mol. The van der Waals surface area contributed by atoms with Gasteiger partial charge in [-0.3, -0.25) is 0 Å². The van der Waals surface area contributed by atoms with Crippen LogP contribution < -0.4 is 10.5 Å². The molecule has 1 heterocycles. The first-order chi connectivity index (χ1) is 9.87. The van der Waals surface area contributed by atoms with E-state index >= 15 is 0 Å². The molecule has 0 saturated carbocycles. The maximum Gasteiger partial charge on any atom is 0.573 e. The summed E-state index contributed by atoms with van der Waals surface area (Å²) in [6.45, 7) is 2.00. The SMILES string of the molecule is CCCc1cc(N)nc(-c2cccc(OC(F)(F)F)c2)n1. The molecule has 0 aliphatic rings. The maximum absolute atomic E-state index is 12.2. The third-order valence-corrected chi connectivity index (χ3v) is 2.63. The number of alkyl halides is 3. The van der Waals surface area contributed by atoms with Gasteiger partial charge in [0.2, 0.25) is 0 Å². The Balaban J connectivity index is 2.35. The molecule has 2 N–H and O–H groups in total. The van der Waals surface area contributed by atoms with Crippen LogP contribution in [0.5, 0.6) is 5.75 Å². The average molecular weight is 297 g/mol. The quantitative estimate of drug-likeness (QED) is 0.937. The van der Waals surface area contributed by atoms with Crippen LogP contribution in [0, 0.1) is 0 Å². The molecule has 7 heteroatoms. The Labute approximate surface area is 119 Å². The number of aromatic nitrogens is 2. The van der Waals surface area contributed by atoms with Gasteiger partial charge in [-0.25, -0.2) is 9.97 Å². The second-order valence-corrected chi connectivity index (χ2v) is 4.43. The van der Waals surface area contributed by atoms with Gasteiger partial charge in [0, 0.05) is 17.3 Å². The Kier molecular flexibility index (Phi) is 4.30. The molecule has 2 aromatic rings. The topological polar surface area (TPSA) is 61.0 Å². The van der Waals surface area contributed by atoms with Crippen molar-refractivity contribution in [1.29, 1.82) is 0 Å². The molecule has 112 valence electrons. The minimum atomic E-state index is -4.73. The standard InChI is InChI=1S/C14H14F3N3O/c1-2-4-10-8-12(18)20-13(19-10)9-5-3-6-11(7-9)21-14(15,16)17/h3,5-8H,2,4H2,1H3,(H2,18,19,20). The average Bonchev–Trinajstić information content (AvgIpc) is 2.36. The lowest BCUT2D eigenvalue weighted by molar-refractivity contribution is -0.274. The van der Waals surface area contributed by atoms with Gasteiger partial charge in [0.15, 0.2) is 5.82 Å². The number of nitrogen functional groups attached to an aromatic ring is 1. The molecular formula is C14H14F3N3O. The number of hydrogen-bond acceptors (Lipinski definition) is 4. The van der Waals surface area contributed by atoms with Crippen LogP contribution >= 0.6 is 0 Å². The number of hydrogen-bond donors (Lipinski definition) is 1. The molecule has 0 spiro atoms. The summed E-state index contributed by atoms with van der Waals surface area (Å²) in [6.07, 6.45) is -3.13. The van der Waals surface area contributed by atoms with Gasteiger partial charge in [-0.2, -0.15) is 0 Å². The molecule has 0 bridgehead atoms. The predicted octanol–water partition coefficient (Wildman–Crippen LogP) is 3.58. The van der Waals surface area contributed by atoms with Gasteiger partial charge in [-0.1, -0.05) is 25.5 Å². The van der Waals surface area contributed by atoms with Crippen molar-refractivity contribution in [2.24, 2.45) is 0 Å². The summed E-state index contributed by atoms with van der Waals surface area (Å²) >= 11 is 0. The lowest BCUT2D eigenvalue weighted by Gasteiger charge is -2.10. The van der Waals surface area contributed by atoms with E-state index in [0.29, 0.717) is 5.56 Å². The molecule has 0 radical (unpaired) electrons. The molecule has 1 aromatic carbocycles. The van der Waals surface area contributed by atoms with Crippen LogP contribution in [-0.2, 0) is 6.42 Å². The minimum Gasteiger partial charge on any atom is -0.406 e. The number of ether oxygens (including phenoxy) is 1. The van der Waals surface area contributed by atoms with Crippen molar-refractivity contribution in [2.75, 3.05) is 5.73 Å². The molecule has 0 unspecified atom stereocenters. The van der Waals surface area contributed by atoms with Crippen molar-refractivity contribution in [3.63, 3.8) is 0 Å². The van der Waals surface area contributed by atoms with Crippen molar-refractivity contribution in [3.8, 4) is 17.1 Å². The summed E-state index contributed by atoms with van der Waals surface area (Å²) in [7, 11) is 0. The van der Waals surface area contributed by atoms with Crippen LogP contribution in [0.25, 0.3) is 11.4 Å². The summed E-state index contributed by atoms with van der Waals surface area (Å²) in [6, 6.07) is 7.16. The molecule has 0 atom stereocenters. The van der Waals surface area contributed by atoms with Crippen LogP contribution in [0.3, 0.4) is 0 Å². The molecule has 0 aliphatic carbocycles. The summed E-state index contributed by atoms with van der Waals surface area (Å²) < 4.78 is 40.6. The molecule has 0 aliphatic heterocycles. The second kappa shape index (κ2) is 5.99. The number of halogens is 3. The summed E-state index contributed by atoms with van der Waals surface area (Å²) in [4.78, 5) is 8.36. The number of nitrogens with zero attached hydrogens (tertiary/aromatic N) is 2. The zero-order chi connectivity index (χ0) is 15.5. The number of benzene rings is 1. The fourth-order valence-corrected chi connectivity index (χ4v) is 1.86. The molecule has 0 amide bonds. The number of rotatable bonds is 4. The molecule has 0 saturated heterocycles. The fraction of sp³-hybridized carbons (Fsp3) is 0.286. The molecule has 2 rings (SSSR count). The number of aryl methyl sites for hydroxylation is 1. The molecule has 0 fully saturated rings.